The van der Waals surface area contributed by atoms with Crippen molar-refractivity contribution in [3.8, 4) is 0 Å². The number of hydrogen-bond donors (Lipinski definition) is 2. The summed E-state index contributed by atoms with van der Waals surface area (Å²) in [7, 11) is -2.16. The fourth-order valence-corrected chi connectivity index (χ4v) is 4.37. The molecule has 2 aliphatic carbocycles. The highest BCUT2D eigenvalue weighted by Crippen LogP contribution is 2.44. The fourth-order valence-electron chi connectivity index (χ4n) is 3.60. The highest BCUT2D eigenvalue weighted by molar-refractivity contribution is 7.89. The lowest BCUT2D eigenvalue weighted by molar-refractivity contribution is 0.0922. The molecule has 0 aromatic heterocycles. The average Bonchev–Trinajstić information content (AvgIpc) is 3.10. The van der Waals surface area contributed by atoms with Gasteiger partial charge in [0.25, 0.3) is 5.91 Å². The molecule has 3 atom stereocenters. The van der Waals surface area contributed by atoms with Crippen molar-refractivity contribution in [1.82, 2.24) is 10.0 Å². The molecule has 0 aliphatic heterocycles. The van der Waals surface area contributed by atoms with E-state index in [1.54, 1.807) is 12.1 Å². The lowest BCUT2D eigenvalue weighted by Crippen LogP contribution is -2.38. The topological polar surface area (TPSA) is 75.3 Å². The number of fused-ring (bicyclic) bond motifs is 2. The van der Waals surface area contributed by atoms with Crippen molar-refractivity contribution in [2.45, 2.75) is 36.6 Å². The van der Waals surface area contributed by atoms with E-state index < -0.39 is 10.0 Å². The molecule has 5 nitrogen and oxygen atoms in total. The molecule has 0 saturated heterocycles. The Kier molecular flexibility index (Phi) is 3.75. The smallest absolute Gasteiger partial charge is 0.251 e. The van der Waals surface area contributed by atoms with Gasteiger partial charge in [0.05, 0.1) is 4.90 Å². The van der Waals surface area contributed by atoms with Crippen LogP contribution in [-0.2, 0) is 10.0 Å². The van der Waals surface area contributed by atoms with E-state index in [1.807, 2.05) is 0 Å². The molecular weight excluding hydrogens is 288 g/mol. The second kappa shape index (κ2) is 5.42. The van der Waals surface area contributed by atoms with Crippen LogP contribution in [-0.4, -0.2) is 27.4 Å². The SMILES string of the molecule is CNS(=O)(=O)c1cccc(C(=O)N[C@H]2C[C@@H]3CC[C@@H]2C3)c1. The predicted octanol–water partition coefficient (Wildman–Crippen LogP) is 1.51. The normalized spacial score (nSPS) is 27.8. The first-order valence-corrected chi connectivity index (χ1v) is 8.82. The van der Waals surface area contributed by atoms with E-state index >= 15 is 0 Å². The molecule has 2 fully saturated rings. The van der Waals surface area contributed by atoms with Crippen molar-refractivity contribution in [1.29, 1.82) is 0 Å². The summed E-state index contributed by atoms with van der Waals surface area (Å²) >= 11 is 0. The Morgan fingerprint density at radius 2 is 2.05 bits per heavy atom. The molecule has 6 heteroatoms. The van der Waals surface area contributed by atoms with E-state index in [-0.39, 0.29) is 16.8 Å². The highest BCUT2D eigenvalue weighted by atomic mass is 32.2. The van der Waals surface area contributed by atoms with Crippen LogP contribution in [0.1, 0.15) is 36.0 Å². The summed E-state index contributed by atoms with van der Waals surface area (Å²) < 4.78 is 25.8. The number of carbonyl (C=O) groups is 1. The van der Waals surface area contributed by atoms with Gasteiger partial charge in [0.15, 0.2) is 0 Å². The zero-order valence-corrected chi connectivity index (χ0v) is 12.8. The molecule has 2 aliphatic rings. The summed E-state index contributed by atoms with van der Waals surface area (Å²) in [6.07, 6.45) is 4.76. The van der Waals surface area contributed by atoms with Crippen LogP contribution >= 0.6 is 0 Å². The van der Waals surface area contributed by atoms with Gasteiger partial charge in [-0.15, -0.1) is 0 Å². The Hall–Kier alpha value is -1.40. The van der Waals surface area contributed by atoms with Crippen molar-refractivity contribution in [3.05, 3.63) is 29.8 Å². The van der Waals surface area contributed by atoms with Gasteiger partial charge in [0.2, 0.25) is 10.0 Å². The number of benzene rings is 1. The third kappa shape index (κ3) is 2.82. The Bertz CT molecular complexity index is 657. The van der Waals surface area contributed by atoms with Crippen molar-refractivity contribution in [2.75, 3.05) is 7.05 Å². The lowest BCUT2D eigenvalue weighted by atomic mass is 9.95. The van der Waals surface area contributed by atoms with E-state index in [0.717, 1.165) is 12.3 Å². The lowest BCUT2D eigenvalue weighted by Gasteiger charge is -2.23. The van der Waals surface area contributed by atoms with Crippen LogP contribution in [0.5, 0.6) is 0 Å². The van der Waals surface area contributed by atoms with Gasteiger partial charge < -0.3 is 5.32 Å². The Balaban J connectivity index is 1.75. The molecule has 0 heterocycles. The molecule has 2 saturated carbocycles. The minimum atomic E-state index is -3.52. The molecule has 0 spiro atoms. The Labute approximate surface area is 125 Å². The summed E-state index contributed by atoms with van der Waals surface area (Å²) in [6.45, 7) is 0. The largest absolute Gasteiger partial charge is 0.349 e. The average molecular weight is 308 g/mol. The fraction of sp³-hybridized carbons (Fsp3) is 0.533. The number of rotatable bonds is 4. The highest BCUT2D eigenvalue weighted by Gasteiger charge is 2.40. The molecule has 1 amide bonds. The van der Waals surface area contributed by atoms with Crippen molar-refractivity contribution >= 4 is 15.9 Å². The minimum absolute atomic E-state index is 0.116. The maximum absolute atomic E-state index is 12.3. The standard InChI is InChI=1S/C15H20N2O3S/c1-16-21(19,20)13-4-2-3-12(9-13)15(18)17-14-8-10-5-6-11(14)7-10/h2-4,9-11,14,16H,5-8H2,1H3,(H,17,18)/t10-,11-,14+/m1/s1. The van der Waals surface area contributed by atoms with Crippen molar-refractivity contribution < 1.29 is 13.2 Å². The Morgan fingerprint density at radius 1 is 1.24 bits per heavy atom. The zero-order valence-electron chi connectivity index (χ0n) is 12.0. The molecule has 2 bridgehead atoms. The number of nitrogens with one attached hydrogen (secondary N) is 2. The molecule has 0 unspecified atom stereocenters. The molecule has 1 aromatic carbocycles. The van der Waals surface area contributed by atoms with Gasteiger partial charge in [-0.3, -0.25) is 4.79 Å². The minimum Gasteiger partial charge on any atom is -0.349 e. The van der Waals surface area contributed by atoms with Crippen LogP contribution in [0.4, 0.5) is 0 Å². The van der Waals surface area contributed by atoms with E-state index in [0.29, 0.717) is 11.5 Å². The monoisotopic (exact) mass is 308 g/mol. The molecule has 21 heavy (non-hydrogen) atoms. The van der Waals surface area contributed by atoms with Gasteiger partial charge in [-0.1, -0.05) is 12.5 Å². The van der Waals surface area contributed by atoms with Gasteiger partial charge >= 0.3 is 0 Å². The Morgan fingerprint density at radius 3 is 2.67 bits per heavy atom. The van der Waals surface area contributed by atoms with Gasteiger partial charge in [0.1, 0.15) is 0 Å². The summed E-state index contributed by atoms with van der Waals surface area (Å²) in [6, 6.07) is 6.41. The molecule has 0 radical (unpaired) electrons. The first-order valence-electron chi connectivity index (χ1n) is 7.34. The van der Waals surface area contributed by atoms with E-state index in [4.69, 9.17) is 0 Å². The van der Waals surface area contributed by atoms with Gasteiger partial charge in [-0.2, -0.15) is 0 Å². The van der Waals surface area contributed by atoms with Crippen molar-refractivity contribution in [2.24, 2.45) is 11.8 Å². The third-order valence-corrected chi connectivity index (χ3v) is 6.14. The zero-order chi connectivity index (χ0) is 15.0. The second-order valence-corrected chi connectivity index (χ2v) is 7.88. The molecule has 114 valence electrons. The molecular formula is C15H20N2O3S. The van der Waals surface area contributed by atoms with E-state index in [9.17, 15) is 13.2 Å². The number of amides is 1. The number of hydrogen-bond acceptors (Lipinski definition) is 3. The first-order chi connectivity index (χ1) is 9.99. The molecule has 2 N–H and O–H groups in total. The third-order valence-electron chi connectivity index (χ3n) is 4.73. The van der Waals surface area contributed by atoms with Crippen LogP contribution in [0.2, 0.25) is 0 Å². The molecule has 1 aromatic rings. The van der Waals surface area contributed by atoms with Crippen LogP contribution in [0, 0.1) is 11.8 Å². The van der Waals surface area contributed by atoms with E-state index in [2.05, 4.69) is 10.0 Å². The number of carbonyl (C=O) groups excluding carboxylic acids is 1. The molecule has 3 rings (SSSR count). The second-order valence-electron chi connectivity index (χ2n) is 5.99. The maximum Gasteiger partial charge on any atom is 0.251 e. The van der Waals surface area contributed by atoms with Crippen LogP contribution < -0.4 is 10.0 Å². The predicted molar refractivity (Wildman–Crippen MR) is 79.4 cm³/mol. The van der Waals surface area contributed by atoms with Crippen LogP contribution in [0.3, 0.4) is 0 Å². The summed E-state index contributed by atoms with van der Waals surface area (Å²) in [5.41, 5.74) is 0.397. The first kappa shape index (κ1) is 14.5. The van der Waals surface area contributed by atoms with Crippen LogP contribution in [0.25, 0.3) is 0 Å². The van der Waals surface area contributed by atoms with Crippen LogP contribution in [0.15, 0.2) is 29.2 Å². The van der Waals surface area contributed by atoms with Gasteiger partial charge in [-0.25, -0.2) is 13.1 Å². The van der Waals surface area contributed by atoms with Crippen molar-refractivity contribution in [3.63, 3.8) is 0 Å². The summed E-state index contributed by atoms with van der Waals surface area (Å²) in [4.78, 5) is 12.4. The number of sulfonamides is 1. The summed E-state index contributed by atoms with van der Waals surface area (Å²) in [5, 5.41) is 3.07. The maximum atomic E-state index is 12.3. The van der Waals surface area contributed by atoms with Gasteiger partial charge in [-0.05, 0) is 56.3 Å². The summed E-state index contributed by atoms with van der Waals surface area (Å²) in [5.74, 6) is 1.18. The van der Waals surface area contributed by atoms with E-state index in [1.165, 1.54) is 38.4 Å². The van der Waals surface area contributed by atoms with Gasteiger partial charge in [0, 0.05) is 11.6 Å². The quantitative estimate of drug-likeness (QED) is 0.885.